The van der Waals surface area contributed by atoms with Crippen molar-refractivity contribution in [3.8, 4) is 0 Å². The number of nitrogens with one attached hydrogen (secondary N) is 1. The fourth-order valence-electron chi connectivity index (χ4n) is 3.83. The van der Waals surface area contributed by atoms with Crippen LogP contribution in [0.3, 0.4) is 0 Å². The average Bonchev–Trinajstić information content (AvgIpc) is 2.80. The molecule has 2 fully saturated rings. The van der Waals surface area contributed by atoms with Crippen molar-refractivity contribution in [2.24, 2.45) is 17.3 Å². The Morgan fingerprint density at radius 1 is 1.28 bits per heavy atom. The van der Waals surface area contributed by atoms with Gasteiger partial charge < -0.3 is 15.3 Å². The van der Waals surface area contributed by atoms with E-state index in [0.29, 0.717) is 17.4 Å². The van der Waals surface area contributed by atoms with Crippen LogP contribution in [-0.4, -0.2) is 48.8 Å². The summed E-state index contributed by atoms with van der Waals surface area (Å²) in [7, 11) is 2.07. The molecule has 3 nitrogen and oxygen atoms in total. The molecule has 0 amide bonds. The summed E-state index contributed by atoms with van der Waals surface area (Å²) in [6.45, 7) is 10.4. The molecule has 2 N–H and O–H groups in total. The highest BCUT2D eigenvalue weighted by Crippen LogP contribution is 2.38. The fourth-order valence-corrected chi connectivity index (χ4v) is 3.83. The standard InChI is InChI=1S/C15H30N2O/c1-15(2,3)14(16-4)7-8-17-9-11-5-6-13(18)12(11)10-17/h11-14,16,18H,5-10H2,1-4H3. The summed E-state index contributed by atoms with van der Waals surface area (Å²) in [5, 5.41) is 13.4. The molecule has 1 aliphatic carbocycles. The predicted octanol–water partition coefficient (Wildman–Crippen LogP) is 1.71. The van der Waals surface area contributed by atoms with Crippen molar-refractivity contribution >= 4 is 0 Å². The van der Waals surface area contributed by atoms with E-state index in [0.717, 1.165) is 18.9 Å². The minimum atomic E-state index is -0.0253. The molecule has 0 aromatic rings. The number of fused-ring (bicyclic) bond motifs is 1. The predicted molar refractivity (Wildman–Crippen MR) is 75.6 cm³/mol. The molecule has 106 valence electrons. The van der Waals surface area contributed by atoms with Gasteiger partial charge in [0.15, 0.2) is 0 Å². The highest BCUT2D eigenvalue weighted by molar-refractivity contribution is 4.94. The second kappa shape index (κ2) is 5.48. The van der Waals surface area contributed by atoms with E-state index in [1.807, 2.05) is 0 Å². The van der Waals surface area contributed by atoms with Gasteiger partial charge in [-0.15, -0.1) is 0 Å². The number of nitrogens with zero attached hydrogens (tertiary/aromatic N) is 1. The Kier molecular flexibility index (Phi) is 4.35. The van der Waals surface area contributed by atoms with Crippen molar-refractivity contribution in [2.75, 3.05) is 26.7 Å². The Hall–Kier alpha value is -0.120. The molecule has 1 heterocycles. The second-order valence-electron chi connectivity index (χ2n) is 7.32. The largest absolute Gasteiger partial charge is 0.393 e. The van der Waals surface area contributed by atoms with Crippen molar-refractivity contribution in [1.29, 1.82) is 0 Å². The SMILES string of the molecule is CNC(CCN1CC2CCC(O)C2C1)C(C)(C)C. The summed E-state index contributed by atoms with van der Waals surface area (Å²) in [5.41, 5.74) is 0.323. The molecule has 1 aliphatic heterocycles. The molecule has 4 unspecified atom stereocenters. The number of likely N-dealkylation sites (tertiary alicyclic amines) is 1. The van der Waals surface area contributed by atoms with Crippen LogP contribution in [0, 0.1) is 17.3 Å². The first-order valence-corrected chi connectivity index (χ1v) is 7.49. The van der Waals surface area contributed by atoms with E-state index in [4.69, 9.17) is 0 Å². The topological polar surface area (TPSA) is 35.5 Å². The molecule has 0 spiro atoms. The Morgan fingerprint density at radius 3 is 2.56 bits per heavy atom. The number of aliphatic hydroxyl groups is 1. The van der Waals surface area contributed by atoms with E-state index < -0.39 is 0 Å². The zero-order valence-electron chi connectivity index (χ0n) is 12.4. The highest BCUT2D eigenvalue weighted by atomic mass is 16.3. The molecule has 0 bridgehead atoms. The summed E-state index contributed by atoms with van der Waals surface area (Å²) in [6.07, 6.45) is 3.44. The van der Waals surface area contributed by atoms with Crippen LogP contribution in [0.1, 0.15) is 40.0 Å². The minimum absolute atomic E-state index is 0.0253. The van der Waals surface area contributed by atoms with E-state index in [9.17, 15) is 5.11 Å². The molecule has 2 rings (SSSR count). The molecule has 0 aromatic heterocycles. The van der Waals surface area contributed by atoms with Gasteiger partial charge in [-0.1, -0.05) is 20.8 Å². The number of aliphatic hydroxyl groups excluding tert-OH is 1. The van der Waals surface area contributed by atoms with Gasteiger partial charge in [-0.05, 0) is 44.2 Å². The van der Waals surface area contributed by atoms with Crippen molar-refractivity contribution in [1.82, 2.24) is 10.2 Å². The molecule has 2 aliphatic rings. The lowest BCUT2D eigenvalue weighted by molar-refractivity contribution is 0.122. The molecule has 0 radical (unpaired) electrons. The third-order valence-corrected chi connectivity index (χ3v) is 5.02. The smallest absolute Gasteiger partial charge is 0.0583 e. The van der Waals surface area contributed by atoms with Gasteiger partial charge in [0.25, 0.3) is 0 Å². The quantitative estimate of drug-likeness (QED) is 0.802. The van der Waals surface area contributed by atoms with Crippen molar-refractivity contribution in [3.63, 3.8) is 0 Å². The fraction of sp³-hybridized carbons (Fsp3) is 1.00. The van der Waals surface area contributed by atoms with Crippen LogP contribution in [0.15, 0.2) is 0 Å². The lowest BCUT2D eigenvalue weighted by atomic mass is 9.85. The molecule has 3 heteroatoms. The summed E-state index contributed by atoms with van der Waals surface area (Å²) in [4.78, 5) is 2.56. The Morgan fingerprint density at radius 2 is 2.00 bits per heavy atom. The van der Waals surface area contributed by atoms with E-state index >= 15 is 0 Å². The Bertz CT molecular complexity index is 274. The molecule has 4 atom stereocenters. The molecular formula is C15H30N2O. The first-order chi connectivity index (χ1) is 8.41. The summed E-state index contributed by atoms with van der Waals surface area (Å²) >= 11 is 0. The third kappa shape index (κ3) is 3.06. The first kappa shape index (κ1) is 14.3. The van der Waals surface area contributed by atoms with Gasteiger partial charge in [0.05, 0.1) is 6.10 Å². The lowest BCUT2D eigenvalue weighted by Crippen LogP contribution is -2.41. The number of hydrogen-bond acceptors (Lipinski definition) is 3. The molecule has 1 saturated carbocycles. The highest BCUT2D eigenvalue weighted by Gasteiger charge is 2.41. The molecule has 1 saturated heterocycles. The van der Waals surface area contributed by atoms with Gasteiger partial charge in [-0.2, -0.15) is 0 Å². The average molecular weight is 254 g/mol. The Labute approximate surface area is 112 Å². The van der Waals surface area contributed by atoms with Gasteiger partial charge in [0, 0.05) is 25.0 Å². The van der Waals surface area contributed by atoms with Gasteiger partial charge in [0.1, 0.15) is 0 Å². The molecule has 0 aromatic carbocycles. The summed E-state index contributed by atoms with van der Waals surface area (Å²) in [5.74, 6) is 1.33. The summed E-state index contributed by atoms with van der Waals surface area (Å²) < 4.78 is 0. The van der Waals surface area contributed by atoms with Gasteiger partial charge in [0.2, 0.25) is 0 Å². The van der Waals surface area contributed by atoms with Crippen molar-refractivity contribution < 1.29 is 5.11 Å². The van der Waals surface area contributed by atoms with E-state index in [-0.39, 0.29) is 6.10 Å². The monoisotopic (exact) mass is 254 g/mol. The van der Waals surface area contributed by atoms with Crippen molar-refractivity contribution in [2.45, 2.75) is 52.2 Å². The van der Waals surface area contributed by atoms with Crippen LogP contribution in [0.2, 0.25) is 0 Å². The third-order valence-electron chi connectivity index (χ3n) is 5.02. The maximum atomic E-state index is 9.93. The molecular weight excluding hydrogens is 224 g/mol. The van der Waals surface area contributed by atoms with Gasteiger partial charge in [-0.25, -0.2) is 0 Å². The summed E-state index contributed by atoms with van der Waals surface area (Å²) in [6, 6.07) is 0.572. The second-order valence-corrected chi connectivity index (χ2v) is 7.32. The lowest BCUT2D eigenvalue weighted by Gasteiger charge is -2.32. The maximum Gasteiger partial charge on any atom is 0.0583 e. The van der Waals surface area contributed by atoms with Gasteiger partial charge in [-0.3, -0.25) is 0 Å². The molecule has 18 heavy (non-hydrogen) atoms. The maximum absolute atomic E-state index is 9.93. The van der Waals surface area contributed by atoms with Crippen LogP contribution >= 0.6 is 0 Å². The van der Waals surface area contributed by atoms with Crippen molar-refractivity contribution in [3.05, 3.63) is 0 Å². The Balaban J connectivity index is 1.78. The van der Waals surface area contributed by atoms with E-state index in [2.05, 4.69) is 38.0 Å². The van der Waals surface area contributed by atoms with Crippen LogP contribution < -0.4 is 5.32 Å². The van der Waals surface area contributed by atoms with E-state index in [1.165, 1.54) is 25.9 Å². The number of rotatable bonds is 4. The zero-order chi connectivity index (χ0) is 13.3. The first-order valence-electron chi connectivity index (χ1n) is 7.49. The normalized spacial score (nSPS) is 34.8. The van der Waals surface area contributed by atoms with Crippen LogP contribution in [-0.2, 0) is 0 Å². The number of hydrogen-bond donors (Lipinski definition) is 2. The van der Waals surface area contributed by atoms with Crippen LogP contribution in [0.5, 0.6) is 0 Å². The minimum Gasteiger partial charge on any atom is -0.393 e. The van der Waals surface area contributed by atoms with Gasteiger partial charge >= 0.3 is 0 Å². The van der Waals surface area contributed by atoms with Crippen LogP contribution in [0.25, 0.3) is 0 Å². The van der Waals surface area contributed by atoms with E-state index in [1.54, 1.807) is 0 Å². The van der Waals surface area contributed by atoms with Crippen LogP contribution in [0.4, 0.5) is 0 Å². The zero-order valence-corrected chi connectivity index (χ0v) is 12.4.